The summed E-state index contributed by atoms with van der Waals surface area (Å²) in [4.78, 5) is 15.7. The minimum absolute atomic E-state index is 0.0991. The molecule has 1 aliphatic heterocycles. The molecule has 6 heteroatoms. The molecule has 1 aromatic rings. The average molecular weight is 361 g/mol. The largest absolute Gasteiger partial charge is 0.393 e. The van der Waals surface area contributed by atoms with E-state index in [4.69, 9.17) is 18.0 Å². The molecule has 104 valence electrons. The zero-order valence-electron chi connectivity index (χ0n) is 11.0. The highest BCUT2D eigenvalue weighted by atomic mass is 79.9. The Morgan fingerprint density at radius 1 is 1.53 bits per heavy atom. The number of amides is 1. The third-order valence-electron chi connectivity index (χ3n) is 3.82. The Morgan fingerprint density at radius 3 is 2.53 bits per heavy atom. The number of rotatable bonds is 2. The lowest BCUT2D eigenvalue weighted by atomic mass is 9.80. The second-order valence-corrected chi connectivity index (χ2v) is 8.09. The maximum atomic E-state index is 12.4. The Labute approximate surface area is 131 Å². The van der Waals surface area contributed by atoms with Gasteiger partial charge in [-0.15, -0.1) is 11.3 Å². The van der Waals surface area contributed by atoms with Crippen LogP contribution in [0, 0.1) is 12.3 Å². The monoisotopic (exact) mass is 360 g/mol. The van der Waals surface area contributed by atoms with Crippen LogP contribution < -0.4 is 5.73 Å². The van der Waals surface area contributed by atoms with Crippen molar-refractivity contribution in [2.75, 3.05) is 13.1 Å². The van der Waals surface area contributed by atoms with Crippen molar-refractivity contribution >= 4 is 50.4 Å². The van der Waals surface area contributed by atoms with Gasteiger partial charge in [0.15, 0.2) is 0 Å². The second-order valence-electron chi connectivity index (χ2n) is 5.28. The van der Waals surface area contributed by atoms with Crippen molar-refractivity contribution in [3.05, 3.63) is 20.3 Å². The molecule has 0 aromatic carbocycles. The van der Waals surface area contributed by atoms with Gasteiger partial charge in [0.25, 0.3) is 5.91 Å². The van der Waals surface area contributed by atoms with E-state index in [0.29, 0.717) is 4.99 Å². The van der Waals surface area contributed by atoms with Crippen LogP contribution in [0.1, 0.15) is 35.0 Å². The molecule has 2 N–H and O–H groups in total. The first-order chi connectivity index (χ1) is 8.83. The molecule has 0 spiro atoms. The summed E-state index contributed by atoms with van der Waals surface area (Å²) in [6.07, 6.45) is 1.69. The topological polar surface area (TPSA) is 46.3 Å². The van der Waals surface area contributed by atoms with Crippen LogP contribution in [-0.2, 0) is 0 Å². The highest BCUT2D eigenvalue weighted by molar-refractivity contribution is 9.11. The first-order valence-corrected chi connectivity index (χ1v) is 8.20. The number of nitrogens with zero attached hydrogens (tertiary/aromatic N) is 1. The zero-order valence-corrected chi connectivity index (χ0v) is 14.3. The molecule has 0 radical (unpaired) electrons. The number of halogens is 1. The van der Waals surface area contributed by atoms with Crippen LogP contribution in [0.15, 0.2) is 9.85 Å². The predicted molar refractivity (Wildman–Crippen MR) is 86.8 cm³/mol. The van der Waals surface area contributed by atoms with Crippen LogP contribution in [0.4, 0.5) is 0 Å². The number of hydrogen-bond donors (Lipinski definition) is 1. The lowest BCUT2D eigenvalue weighted by molar-refractivity contribution is 0.0675. The Kier molecular flexibility index (Phi) is 4.32. The van der Waals surface area contributed by atoms with Crippen LogP contribution in [0.3, 0.4) is 0 Å². The minimum atomic E-state index is -0.0991. The van der Waals surface area contributed by atoms with Gasteiger partial charge in [-0.2, -0.15) is 0 Å². The van der Waals surface area contributed by atoms with E-state index in [-0.39, 0.29) is 11.3 Å². The molecular weight excluding hydrogens is 344 g/mol. The van der Waals surface area contributed by atoms with E-state index in [0.717, 1.165) is 40.2 Å². The van der Waals surface area contributed by atoms with Gasteiger partial charge in [-0.3, -0.25) is 4.79 Å². The first-order valence-electron chi connectivity index (χ1n) is 6.18. The number of thiophene rings is 1. The molecule has 0 bridgehead atoms. The van der Waals surface area contributed by atoms with E-state index in [1.807, 2.05) is 17.9 Å². The molecule has 0 aliphatic carbocycles. The molecule has 1 fully saturated rings. The molecule has 1 saturated heterocycles. The summed E-state index contributed by atoms with van der Waals surface area (Å²) in [5, 5.41) is 0. The van der Waals surface area contributed by atoms with Crippen molar-refractivity contribution in [1.82, 2.24) is 4.90 Å². The highest BCUT2D eigenvalue weighted by Crippen LogP contribution is 2.33. The van der Waals surface area contributed by atoms with E-state index in [2.05, 4.69) is 22.9 Å². The minimum Gasteiger partial charge on any atom is -0.393 e. The van der Waals surface area contributed by atoms with Gasteiger partial charge in [0, 0.05) is 18.5 Å². The first kappa shape index (κ1) is 14.9. The van der Waals surface area contributed by atoms with Crippen LogP contribution in [-0.4, -0.2) is 28.9 Å². The molecular formula is C13H17BrN2OS2. The van der Waals surface area contributed by atoms with E-state index in [1.54, 1.807) is 0 Å². The quantitative estimate of drug-likeness (QED) is 0.822. The zero-order chi connectivity index (χ0) is 14.2. The fourth-order valence-electron chi connectivity index (χ4n) is 2.17. The highest BCUT2D eigenvalue weighted by Gasteiger charge is 2.34. The normalized spacial score (nSPS) is 18.4. The Balaban J connectivity index is 2.06. The number of thiocarbonyl (C=S) groups is 1. The molecule has 2 rings (SSSR count). The van der Waals surface area contributed by atoms with Crippen molar-refractivity contribution in [2.45, 2.75) is 26.7 Å². The Hall–Kier alpha value is -0.460. The lowest BCUT2D eigenvalue weighted by Crippen LogP contribution is -2.46. The number of carbonyl (C=O) groups excluding carboxylic acids is 1. The predicted octanol–water partition coefficient (Wildman–Crippen LogP) is 3.35. The standard InChI is InChI=1S/C13H17BrN2OS2/c1-8-7-9(19-10(8)14)11(17)16-5-3-13(2,4-6-16)12(15)18/h7H,3-6H2,1-2H3,(H2,15,18). The van der Waals surface area contributed by atoms with Gasteiger partial charge in [-0.25, -0.2) is 0 Å². The van der Waals surface area contributed by atoms with Gasteiger partial charge in [0.05, 0.1) is 13.7 Å². The number of piperidine rings is 1. The summed E-state index contributed by atoms with van der Waals surface area (Å²) in [5.41, 5.74) is 6.79. The summed E-state index contributed by atoms with van der Waals surface area (Å²) in [6.45, 7) is 5.53. The van der Waals surface area contributed by atoms with Crippen molar-refractivity contribution in [3.8, 4) is 0 Å². The number of aryl methyl sites for hydroxylation is 1. The third kappa shape index (κ3) is 3.01. The third-order valence-corrected chi connectivity index (χ3v) is 6.43. The van der Waals surface area contributed by atoms with Gasteiger partial charge in [0.2, 0.25) is 0 Å². The van der Waals surface area contributed by atoms with Crippen LogP contribution in [0.25, 0.3) is 0 Å². The van der Waals surface area contributed by atoms with Crippen LogP contribution in [0.5, 0.6) is 0 Å². The Bertz CT molecular complexity index is 499. The fraction of sp³-hybridized carbons (Fsp3) is 0.538. The van der Waals surface area contributed by atoms with Crippen molar-refractivity contribution in [3.63, 3.8) is 0 Å². The van der Waals surface area contributed by atoms with E-state index < -0.39 is 0 Å². The molecule has 2 heterocycles. The molecule has 0 atom stereocenters. The smallest absolute Gasteiger partial charge is 0.263 e. The number of carbonyl (C=O) groups is 1. The van der Waals surface area contributed by atoms with E-state index in [9.17, 15) is 4.79 Å². The van der Waals surface area contributed by atoms with E-state index >= 15 is 0 Å². The van der Waals surface area contributed by atoms with Gasteiger partial charge in [-0.1, -0.05) is 19.1 Å². The maximum Gasteiger partial charge on any atom is 0.263 e. The van der Waals surface area contributed by atoms with Crippen molar-refractivity contribution in [2.24, 2.45) is 11.1 Å². The molecule has 19 heavy (non-hydrogen) atoms. The summed E-state index contributed by atoms with van der Waals surface area (Å²) < 4.78 is 1.03. The number of likely N-dealkylation sites (tertiary alicyclic amines) is 1. The van der Waals surface area contributed by atoms with Crippen molar-refractivity contribution in [1.29, 1.82) is 0 Å². The van der Waals surface area contributed by atoms with Crippen molar-refractivity contribution < 1.29 is 4.79 Å². The number of nitrogens with two attached hydrogens (primary N) is 1. The van der Waals surface area contributed by atoms with Crippen LogP contribution in [0.2, 0.25) is 0 Å². The average Bonchev–Trinajstić information content (AvgIpc) is 2.69. The van der Waals surface area contributed by atoms with Gasteiger partial charge in [0.1, 0.15) is 0 Å². The van der Waals surface area contributed by atoms with Gasteiger partial charge < -0.3 is 10.6 Å². The lowest BCUT2D eigenvalue weighted by Gasteiger charge is -2.38. The molecule has 1 amide bonds. The van der Waals surface area contributed by atoms with Crippen LogP contribution >= 0.6 is 39.5 Å². The van der Waals surface area contributed by atoms with Gasteiger partial charge in [-0.05, 0) is 47.3 Å². The summed E-state index contributed by atoms with van der Waals surface area (Å²) in [5.74, 6) is 0.115. The number of hydrogen-bond acceptors (Lipinski definition) is 3. The summed E-state index contributed by atoms with van der Waals surface area (Å²) in [7, 11) is 0. The molecule has 0 unspecified atom stereocenters. The Morgan fingerprint density at radius 2 is 2.11 bits per heavy atom. The molecule has 3 nitrogen and oxygen atoms in total. The summed E-state index contributed by atoms with van der Waals surface area (Å²) in [6, 6.07) is 1.94. The molecule has 0 saturated carbocycles. The fourth-order valence-corrected chi connectivity index (χ4v) is 3.88. The van der Waals surface area contributed by atoms with Gasteiger partial charge >= 0.3 is 0 Å². The molecule has 1 aromatic heterocycles. The summed E-state index contributed by atoms with van der Waals surface area (Å²) >= 11 is 10.1. The maximum absolute atomic E-state index is 12.4. The second kappa shape index (κ2) is 5.50. The SMILES string of the molecule is Cc1cc(C(=O)N2CCC(C)(C(N)=S)CC2)sc1Br. The molecule has 1 aliphatic rings. The van der Waals surface area contributed by atoms with E-state index in [1.165, 1.54) is 11.3 Å².